The number of thiocarbonyl (C=S) groups is 1. The van der Waals surface area contributed by atoms with Gasteiger partial charge in [0.1, 0.15) is 5.82 Å². The lowest BCUT2D eigenvalue weighted by molar-refractivity contribution is 0.0390. The minimum atomic E-state index is -0.962. The Morgan fingerprint density at radius 1 is 1.00 bits per heavy atom. The van der Waals surface area contributed by atoms with Gasteiger partial charge in [0.25, 0.3) is 5.91 Å². The summed E-state index contributed by atoms with van der Waals surface area (Å²) in [4.78, 5) is 12.9. The lowest BCUT2D eigenvalue weighted by atomic mass is 9.69. The van der Waals surface area contributed by atoms with Crippen LogP contribution >= 0.6 is 12.2 Å². The Bertz CT molecular complexity index is 1240. The van der Waals surface area contributed by atoms with Gasteiger partial charge in [0.15, 0.2) is 11.6 Å². The van der Waals surface area contributed by atoms with Crippen molar-refractivity contribution in [3.63, 3.8) is 0 Å². The number of hydrogen-bond acceptors (Lipinski definition) is 4. The van der Waals surface area contributed by atoms with E-state index in [9.17, 15) is 18.7 Å². The van der Waals surface area contributed by atoms with Crippen molar-refractivity contribution in [3.05, 3.63) is 107 Å². The Labute approximate surface area is 213 Å². The zero-order chi connectivity index (χ0) is 25.7. The molecule has 4 rings (SSSR count). The Morgan fingerprint density at radius 2 is 1.72 bits per heavy atom. The Morgan fingerprint density at radius 3 is 2.42 bits per heavy atom. The van der Waals surface area contributed by atoms with Gasteiger partial charge in [-0.15, -0.1) is 0 Å². The summed E-state index contributed by atoms with van der Waals surface area (Å²) < 4.78 is 48.0. The van der Waals surface area contributed by atoms with Crippen molar-refractivity contribution in [2.24, 2.45) is 5.92 Å². The number of carbonyl (C=O) groups excluding carboxylic acids is 1. The van der Waals surface area contributed by atoms with E-state index in [4.69, 9.17) is 17.0 Å². The minimum absolute atomic E-state index is 0.0303. The second kappa shape index (κ2) is 11.3. The molecular formula is C28H26F3NO3S. The number of rotatable bonds is 8. The zero-order valence-corrected chi connectivity index (χ0v) is 20.2. The summed E-state index contributed by atoms with van der Waals surface area (Å²) in [6, 6.07) is 18.5. The maximum atomic E-state index is 15.1. The van der Waals surface area contributed by atoms with Crippen LogP contribution in [0.25, 0.3) is 0 Å². The average Bonchev–Trinajstić information content (AvgIpc) is 3.23. The molecule has 3 aromatic carbocycles. The molecule has 0 saturated heterocycles. The van der Waals surface area contributed by atoms with Gasteiger partial charge in [0.2, 0.25) is 0 Å². The zero-order valence-electron chi connectivity index (χ0n) is 19.4. The van der Waals surface area contributed by atoms with Gasteiger partial charge in [0.05, 0.1) is 17.7 Å². The third kappa shape index (κ3) is 5.67. The number of aliphatic hydroxyl groups excluding tert-OH is 1. The van der Waals surface area contributed by atoms with E-state index in [1.165, 1.54) is 12.1 Å². The molecule has 0 aliphatic heterocycles. The van der Waals surface area contributed by atoms with E-state index in [0.717, 1.165) is 12.1 Å². The Hall–Kier alpha value is -3.07. The molecule has 0 bridgehead atoms. The smallest absolute Gasteiger partial charge is 0.256 e. The Balaban J connectivity index is 1.56. The molecule has 1 amide bonds. The number of hydrogen-bond donors (Lipinski definition) is 2. The predicted molar refractivity (Wildman–Crippen MR) is 134 cm³/mol. The van der Waals surface area contributed by atoms with Gasteiger partial charge in [-0.05, 0) is 60.2 Å². The molecule has 1 saturated carbocycles. The SMILES string of the molecule is O=C(NC(=S)C[C@@]1(c2ccccc2F)C[C@@H](OCc2ccc(F)c(F)c2)C[C@H]1CO)c1ccccc1. The second-order valence-corrected chi connectivity index (χ2v) is 9.55. The third-order valence-corrected chi connectivity index (χ3v) is 7.03. The number of amides is 1. The molecule has 1 aliphatic rings. The van der Waals surface area contributed by atoms with E-state index in [-0.39, 0.29) is 30.5 Å². The van der Waals surface area contributed by atoms with Crippen LogP contribution in [0.2, 0.25) is 0 Å². The monoisotopic (exact) mass is 513 g/mol. The van der Waals surface area contributed by atoms with Gasteiger partial charge in [-0.3, -0.25) is 4.79 Å². The Kier molecular flexibility index (Phi) is 8.18. The fraction of sp³-hybridized carbons (Fsp3) is 0.286. The minimum Gasteiger partial charge on any atom is -0.396 e. The summed E-state index contributed by atoms with van der Waals surface area (Å²) in [6.45, 7) is -0.211. The highest BCUT2D eigenvalue weighted by Crippen LogP contribution is 2.50. The van der Waals surface area contributed by atoms with Crippen LogP contribution in [0.3, 0.4) is 0 Å². The maximum Gasteiger partial charge on any atom is 0.256 e. The van der Waals surface area contributed by atoms with Crippen molar-refractivity contribution in [3.8, 4) is 0 Å². The molecule has 4 nitrogen and oxygen atoms in total. The van der Waals surface area contributed by atoms with Crippen LogP contribution in [-0.2, 0) is 16.8 Å². The van der Waals surface area contributed by atoms with Gasteiger partial charge >= 0.3 is 0 Å². The summed E-state index contributed by atoms with van der Waals surface area (Å²) in [5.41, 5.74) is 0.361. The van der Waals surface area contributed by atoms with Crippen molar-refractivity contribution in [2.45, 2.75) is 37.4 Å². The van der Waals surface area contributed by atoms with Crippen molar-refractivity contribution in [1.29, 1.82) is 0 Å². The summed E-state index contributed by atoms with van der Waals surface area (Å²) in [5.74, 6) is -3.11. The number of benzene rings is 3. The first kappa shape index (κ1) is 26.0. The highest BCUT2D eigenvalue weighted by molar-refractivity contribution is 7.80. The predicted octanol–water partition coefficient (Wildman–Crippen LogP) is 5.48. The third-order valence-electron chi connectivity index (χ3n) is 6.79. The second-order valence-electron chi connectivity index (χ2n) is 9.06. The van der Waals surface area contributed by atoms with E-state index in [2.05, 4.69) is 5.32 Å². The van der Waals surface area contributed by atoms with Crippen LogP contribution in [0.5, 0.6) is 0 Å². The van der Waals surface area contributed by atoms with Crippen molar-refractivity contribution < 1.29 is 27.8 Å². The van der Waals surface area contributed by atoms with Crippen LogP contribution in [0.4, 0.5) is 13.2 Å². The molecule has 0 spiro atoms. The van der Waals surface area contributed by atoms with Crippen molar-refractivity contribution >= 4 is 23.1 Å². The average molecular weight is 514 g/mol. The maximum absolute atomic E-state index is 15.1. The highest BCUT2D eigenvalue weighted by atomic mass is 32.1. The number of ether oxygens (including phenoxy) is 1. The molecular weight excluding hydrogens is 487 g/mol. The lowest BCUT2D eigenvalue weighted by Crippen LogP contribution is -2.41. The molecule has 0 heterocycles. The molecule has 0 aromatic heterocycles. The largest absolute Gasteiger partial charge is 0.396 e. The summed E-state index contributed by atoms with van der Waals surface area (Å²) >= 11 is 5.54. The quantitative estimate of drug-likeness (QED) is 0.392. The van der Waals surface area contributed by atoms with Gasteiger partial charge < -0.3 is 15.2 Å². The van der Waals surface area contributed by atoms with Crippen molar-refractivity contribution in [2.75, 3.05) is 6.61 Å². The number of halogens is 3. The molecule has 188 valence electrons. The summed E-state index contributed by atoms with van der Waals surface area (Å²) in [5, 5.41) is 13.0. The first-order valence-corrected chi connectivity index (χ1v) is 12.0. The van der Waals surface area contributed by atoms with Crippen LogP contribution < -0.4 is 5.32 Å². The number of aliphatic hydroxyl groups is 1. The van der Waals surface area contributed by atoms with Gasteiger partial charge in [-0.25, -0.2) is 13.2 Å². The van der Waals surface area contributed by atoms with E-state index in [0.29, 0.717) is 29.5 Å². The standard InChI is InChI=1S/C28H26F3NO3S/c29-23-9-5-4-8-22(23)28(15-26(36)32-27(34)19-6-2-1-3-7-19)14-21(13-20(28)16-33)35-17-18-10-11-24(30)25(31)12-18/h1-12,20-21,33H,13-17H2,(H,32,34,36)/t20-,21-,28-/m0/s1. The molecule has 0 radical (unpaired) electrons. The van der Waals surface area contributed by atoms with E-state index in [1.807, 2.05) is 0 Å². The molecule has 3 aromatic rings. The molecule has 36 heavy (non-hydrogen) atoms. The van der Waals surface area contributed by atoms with Gasteiger partial charge in [-0.1, -0.05) is 54.7 Å². The summed E-state index contributed by atoms with van der Waals surface area (Å²) in [6.07, 6.45) is 0.453. The number of carbonyl (C=O) groups is 1. The van der Waals surface area contributed by atoms with E-state index >= 15 is 4.39 Å². The molecule has 8 heteroatoms. The molecule has 0 unspecified atom stereocenters. The van der Waals surface area contributed by atoms with Crippen LogP contribution in [0.1, 0.15) is 40.7 Å². The van der Waals surface area contributed by atoms with Crippen LogP contribution in [0.15, 0.2) is 72.8 Å². The lowest BCUT2D eigenvalue weighted by Gasteiger charge is -2.36. The van der Waals surface area contributed by atoms with Crippen LogP contribution in [0, 0.1) is 23.4 Å². The van der Waals surface area contributed by atoms with Crippen LogP contribution in [-0.4, -0.2) is 28.7 Å². The summed E-state index contributed by atoms with van der Waals surface area (Å²) in [7, 11) is 0. The molecule has 1 fully saturated rings. The topological polar surface area (TPSA) is 58.6 Å². The fourth-order valence-corrected chi connectivity index (χ4v) is 5.39. The number of nitrogens with one attached hydrogen (secondary N) is 1. The molecule has 1 aliphatic carbocycles. The normalized spacial score (nSPS) is 21.3. The molecule has 2 N–H and O–H groups in total. The first-order valence-electron chi connectivity index (χ1n) is 11.6. The highest BCUT2D eigenvalue weighted by Gasteiger charge is 2.50. The molecule has 3 atom stereocenters. The fourth-order valence-electron chi connectivity index (χ4n) is 5.04. The van der Waals surface area contributed by atoms with Gasteiger partial charge in [0, 0.05) is 24.0 Å². The van der Waals surface area contributed by atoms with Crippen molar-refractivity contribution in [1.82, 2.24) is 5.32 Å². The van der Waals surface area contributed by atoms with E-state index < -0.39 is 34.9 Å². The van der Waals surface area contributed by atoms with E-state index in [1.54, 1.807) is 48.5 Å². The first-order chi connectivity index (χ1) is 17.3. The van der Waals surface area contributed by atoms with Gasteiger partial charge in [-0.2, -0.15) is 0 Å².